The summed E-state index contributed by atoms with van der Waals surface area (Å²) < 4.78 is 0. The summed E-state index contributed by atoms with van der Waals surface area (Å²) in [5.74, 6) is 1.89. The van der Waals surface area contributed by atoms with Crippen LogP contribution < -0.4 is 11.1 Å². The van der Waals surface area contributed by atoms with Crippen LogP contribution in [0.2, 0.25) is 0 Å². The maximum atomic E-state index is 12.5. The number of nitrogens with two attached hydrogens (primary N) is 1. The van der Waals surface area contributed by atoms with Crippen molar-refractivity contribution in [2.45, 2.75) is 77.2 Å². The summed E-state index contributed by atoms with van der Waals surface area (Å²) in [4.78, 5) is 12.5. The highest BCUT2D eigenvalue weighted by Gasteiger charge is 2.29. The highest BCUT2D eigenvalue weighted by molar-refractivity contribution is 5.79. The monoisotopic (exact) mass is 280 g/mol. The van der Waals surface area contributed by atoms with E-state index in [1.807, 2.05) is 0 Å². The summed E-state index contributed by atoms with van der Waals surface area (Å²) in [5, 5.41) is 3.37. The molecule has 0 aromatic heterocycles. The molecule has 0 aromatic rings. The van der Waals surface area contributed by atoms with Crippen LogP contribution in [-0.4, -0.2) is 18.5 Å². The van der Waals surface area contributed by atoms with Gasteiger partial charge in [0, 0.05) is 12.0 Å². The van der Waals surface area contributed by atoms with Gasteiger partial charge in [0.25, 0.3) is 0 Å². The Morgan fingerprint density at radius 1 is 1.10 bits per heavy atom. The Morgan fingerprint density at radius 2 is 1.90 bits per heavy atom. The molecule has 116 valence electrons. The van der Waals surface area contributed by atoms with Crippen LogP contribution in [0, 0.1) is 17.8 Å². The number of rotatable bonds is 4. The van der Waals surface area contributed by atoms with Crippen molar-refractivity contribution in [1.29, 1.82) is 0 Å². The van der Waals surface area contributed by atoms with E-state index in [4.69, 9.17) is 5.73 Å². The second-order valence-electron chi connectivity index (χ2n) is 7.04. The van der Waals surface area contributed by atoms with E-state index in [-0.39, 0.29) is 5.92 Å². The predicted molar refractivity (Wildman–Crippen MR) is 83.3 cm³/mol. The zero-order valence-electron chi connectivity index (χ0n) is 13.1. The van der Waals surface area contributed by atoms with Crippen LogP contribution in [0.4, 0.5) is 0 Å². The topological polar surface area (TPSA) is 55.1 Å². The molecule has 2 rings (SSSR count). The van der Waals surface area contributed by atoms with Crippen molar-refractivity contribution < 1.29 is 4.79 Å². The van der Waals surface area contributed by atoms with E-state index < -0.39 is 0 Å². The maximum Gasteiger partial charge on any atom is 0.223 e. The summed E-state index contributed by atoms with van der Waals surface area (Å²) in [6.45, 7) is 3.06. The molecule has 0 radical (unpaired) electrons. The van der Waals surface area contributed by atoms with E-state index in [1.54, 1.807) is 0 Å². The first-order valence-corrected chi connectivity index (χ1v) is 8.71. The minimum atomic E-state index is 0.246. The summed E-state index contributed by atoms with van der Waals surface area (Å²) >= 11 is 0. The first-order valence-electron chi connectivity index (χ1n) is 8.71. The number of amides is 1. The van der Waals surface area contributed by atoms with Crippen molar-refractivity contribution in [1.82, 2.24) is 5.32 Å². The Kier molecular flexibility index (Phi) is 6.34. The second kappa shape index (κ2) is 8.02. The summed E-state index contributed by atoms with van der Waals surface area (Å²) in [7, 11) is 0. The van der Waals surface area contributed by atoms with E-state index in [0.29, 0.717) is 23.8 Å². The maximum absolute atomic E-state index is 12.5. The van der Waals surface area contributed by atoms with E-state index in [0.717, 1.165) is 25.8 Å². The minimum Gasteiger partial charge on any atom is -0.353 e. The Labute approximate surface area is 124 Å². The quantitative estimate of drug-likeness (QED) is 0.777. The zero-order chi connectivity index (χ0) is 14.4. The van der Waals surface area contributed by atoms with Gasteiger partial charge in [0.15, 0.2) is 0 Å². The van der Waals surface area contributed by atoms with Crippen LogP contribution >= 0.6 is 0 Å². The van der Waals surface area contributed by atoms with Crippen molar-refractivity contribution in [3.8, 4) is 0 Å². The number of nitrogens with one attached hydrogen (secondary N) is 1. The van der Waals surface area contributed by atoms with E-state index >= 15 is 0 Å². The molecule has 2 aliphatic rings. The van der Waals surface area contributed by atoms with Gasteiger partial charge in [0.1, 0.15) is 0 Å². The molecule has 2 fully saturated rings. The Hall–Kier alpha value is -0.570. The Balaban J connectivity index is 1.83. The molecule has 20 heavy (non-hydrogen) atoms. The fourth-order valence-corrected chi connectivity index (χ4v) is 4.04. The molecular formula is C17H32N2O. The van der Waals surface area contributed by atoms with E-state index in [2.05, 4.69) is 12.2 Å². The van der Waals surface area contributed by atoms with Crippen molar-refractivity contribution in [2.75, 3.05) is 6.54 Å². The first kappa shape index (κ1) is 15.8. The van der Waals surface area contributed by atoms with Crippen molar-refractivity contribution in [3.63, 3.8) is 0 Å². The van der Waals surface area contributed by atoms with Gasteiger partial charge in [-0.3, -0.25) is 4.79 Å². The van der Waals surface area contributed by atoms with Crippen LogP contribution in [0.15, 0.2) is 0 Å². The molecule has 3 N–H and O–H groups in total. The van der Waals surface area contributed by atoms with Gasteiger partial charge in [-0.05, 0) is 50.5 Å². The first-order chi connectivity index (χ1) is 9.70. The number of carbonyl (C=O) groups is 1. The van der Waals surface area contributed by atoms with Gasteiger partial charge in [0.2, 0.25) is 5.91 Å². The second-order valence-corrected chi connectivity index (χ2v) is 7.04. The molecule has 2 aliphatic carbocycles. The lowest BCUT2D eigenvalue weighted by molar-refractivity contribution is -0.127. The van der Waals surface area contributed by atoms with Gasteiger partial charge in [-0.25, -0.2) is 0 Å². The largest absolute Gasteiger partial charge is 0.353 e. The fraction of sp³-hybridized carbons (Fsp3) is 0.941. The fourth-order valence-electron chi connectivity index (χ4n) is 4.04. The smallest absolute Gasteiger partial charge is 0.223 e. The third-order valence-corrected chi connectivity index (χ3v) is 5.42. The van der Waals surface area contributed by atoms with Crippen molar-refractivity contribution in [2.24, 2.45) is 23.5 Å². The highest BCUT2D eigenvalue weighted by atomic mass is 16.1. The van der Waals surface area contributed by atoms with Gasteiger partial charge in [-0.1, -0.05) is 39.0 Å². The van der Waals surface area contributed by atoms with Crippen molar-refractivity contribution >= 4 is 5.91 Å². The lowest BCUT2D eigenvalue weighted by Crippen LogP contribution is -2.43. The SMILES string of the molecule is CC1CCCCCC1NC(=O)C1CCCC(CCN)C1. The van der Waals surface area contributed by atoms with Crippen LogP contribution in [0.25, 0.3) is 0 Å². The molecule has 2 saturated carbocycles. The molecular weight excluding hydrogens is 248 g/mol. The molecule has 3 heteroatoms. The number of carbonyl (C=O) groups excluding carboxylic acids is 1. The molecule has 3 nitrogen and oxygen atoms in total. The normalized spacial score (nSPS) is 35.3. The molecule has 0 spiro atoms. The van der Waals surface area contributed by atoms with Crippen molar-refractivity contribution in [3.05, 3.63) is 0 Å². The zero-order valence-corrected chi connectivity index (χ0v) is 13.1. The third-order valence-electron chi connectivity index (χ3n) is 5.42. The summed E-state index contributed by atoms with van der Waals surface area (Å²) in [5.41, 5.74) is 5.67. The van der Waals surface area contributed by atoms with E-state index in [1.165, 1.54) is 44.9 Å². The molecule has 1 amide bonds. The van der Waals surface area contributed by atoms with Crippen LogP contribution in [-0.2, 0) is 4.79 Å². The van der Waals surface area contributed by atoms with Gasteiger partial charge in [-0.2, -0.15) is 0 Å². The Morgan fingerprint density at radius 3 is 2.70 bits per heavy atom. The van der Waals surface area contributed by atoms with Gasteiger partial charge in [-0.15, -0.1) is 0 Å². The van der Waals surface area contributed by atoms with Gasteiger partial charge >= 0.3 is 0 Å². The summed E-state index contributed by atoms with van der Waals surface area (Å²) in [6.07, 6.45) is 12.1. The van der Waals surface area contributed by atoms with Gasteiger partial charge in [0.05, 0.1) is 0 Å². The molecule has 0 bridgehead atoms. The number of hydrogen-bond acceptors (Lipinski definition) is 2. The molecule has 0 aromatic carbocycles. The van der Waals surface area contributed by atoms with Crippen LogP contribution in [0.5, 0.6) is 0 Å². The molecule has 4 unspecified atom stereocenters. The molecule has 0 saturated heterocycles. The lowest BCUT2D eigenvalue weighted by atomic mass is 9.79. The average Bonchev–Trinajstić information content (AvgIpc) is 2.65. The lowest BCUT2D eigenvalue weighted by Gasteiger charge is -2.31. The Bertz CT molecular complexity index is 303. The molecule has 0 aliphatic heterocycles. The predicted octanol–water partition coefficient (Wildman–Crippen LogP) is 3.23. The van der Waals surface area contributed by atoms with Crippen LogP contribution in [0.1, 0.15) is 71.1 Å². The standard InChI is InChI=1S/C17H32N2O/c1-13-6-3-2-4-9-16(13)19-17(20)15-8-5-7-14(12-15)10-11-18/h13-16H,2-12,18H2,1H3,(H,19,20). The average molecular weight is 280 g/mol. The highest BCUT2D eigenvalue weighted by Crippen LogP contribution is 2.31. The molecule has 0 heterocycles. The number of hydrogen-bond donors (Lipinski definition) is 2. The minimum absolute atomic E-state index is 0.246. The summed E-state index contributed by atoms with van der Waals surface area (Å²) in [6, 6.07) is 0.417. The van der Waals surface area contributed by atoms with Gasteiger partial charge < -0.3 is 11.1 Å². The van der Waals surface area contributed by atoms with E-state index in [9.17, 15) is 4.79 Å². The third kappa shape index (κ3) is 4.47. The van der Waals surface area contributed by atoms with Crippen LogP contribution in [0.3, 0.4) is 0 Å². The molecule has 4 atom stereocenters.